The Morgan fingerprint density at radius 1 is 0.846 bits per heavy atom. The van der Waals surface area contributed by atoms with Crippen molar-refractivity contribution in [1.82, 2.24) is 0 Å². The van der Waals surface area contributed by atoms with Crippen LogP contribution in [0.5, 0.6) is 0 Å². The first-order valence-electron chi connectivity index (χ1n) is 2.41. The SMILES string of the molecule is NCCN.O=[N+]([O-])[O-].O=[N+]([O-])[O-].[Ni+2]. The Balaban J connectivity index is -0.0000000450. The van der Waals surface area contributed by atoms with E-state index in [1.54, 1.807) is 0 Å². The van der Waals surface area contributed by atoms with Gasteiger partial charge < -0.3 is 42.1 Å². The standard InChI is InChI=1S/C2H8N2.2NO3.Ni/c3-1-2-4;2*2-1(3)4;/h1-4H2;;;/q;2*-1;+2. The largest absolute Gasteiger partial charge is 2.00 e. The number of hydrogen-bond donors (Lipinski definition) is 2. The molecule has 0 fully saturated rings. The fraction of sp³-hybridized carbons (Fsp3) is 1.00. The molecule has 0 radical (unpaired) electrons. The van der Waals surface area contributed by atoms with E-state index >= 15 is 0 Å². The van der Waals surface area contributed by atoms with E-state index in [0.717, 1.165) is 0 Å². The Kier molecular flexibility index (Phi) is 39.0. The third-order valence-corrected chi connectivity index (χ3v) is 0.167. The molecule has 0 atom stereocenters. The van der Waals surface area contributed by atoms with Crippen molar-refractivity contribution in [2.24, 2.45) is 11.5 Å². The third kappa shape index (κ3) is 24200. The summed E-state index contributed by atoms with van der Waals surface area (Å²) in [5.74, 6) is 0. The van der Waals surface area contributed by atoms with Gasteiger partial charge >= 0.3 is 16.5 Å². The minimum absolute atomic E-state index is 0. The molecular formula is C2H8N4NiO6. The number of hydrogen-bond acceptors (Lipinski definition) is 8. The summed E-state index contributed by atoms with van der Waals surface area (Å²) in [6, 6.07) is 0. The van der Waals surface area contributed by atoms with Crippen molar-refractivity contribution in [2.45, 2.75) is 0 Å². The van der Waals surface area contributed by atoms with Gasteiger partial charge in [-0.05, 0) is 0 Å². The summed E-state index contributed by atoms with van der Waals surface area (Å²) in [5, 5.41) is 29.5. The molecule has 0 bridgehead atoms. The van der Waals surface area contributed by atoms with Crippen LogP contribution in [0.2, 0.25) is 0 Å². The van der Waals surface area contributed by atoms with Gasteiger partial charge in [0.1, 0.15) is 0 Å². The summed E-state index contributed by atoms with van der Waals surface area (Å²) < 4.78 is 0. The van der Waals surface area contributed by atoms with Gasteiger partial charge in [-0.15, -0.1) is 0 Å². The van der Waals surface area contributed by atoms with E-state index < -0.39 is 10.2 Å². The molecule has 4 N–H and O–H groups in total. The molecule has 0 saturated heterocycles. The molecule has 0 amide bonds. The molecule has 10 nitrogen and oxygen atoms in total. The summed E-state index contributed by atoms with van der Waals surface area (Å²) >= 11 is 0. The molecule has 0 heterocycles. The molecule has 0 unspecified atom stereocenters. The van der Waals surface area contributed by atoms with E-state index in [1.807, 2.05) is 0 Å². The van der Waals surface area contributed by atoms with Crippen molar-refractivity contribution < 1.29 is 26.7 Å². The maximum absolute atomic E-state index is 8.25. The second-order valence-electron chi connectivity index (χ2n) is 1.02. The second-order valence-corrected chi connectivity index (χ2v) is 1.02. The van der Waals surface area contributed by atoms with Crippen LogP contribution < -0.4 is 11.5 Å². The molecular weight excluding hydrogens is 235 g/mol. The third-order valence-electron chi connectivity index (χ3n) is 0.167. The first kappa shape index (κ1) is 22.6. The monoisotopic (exact) mass is 242 g/mol. The van der Waals surface area contributed by atoms with Crippen molar-refractivity contribution in [3.63, 3.8) is 0 Å². The van der Waals surface area contributed by atoms with Crippen LogP contribution in [0.15, 0.2) is 0 Å². The zero-order chi connectivity index (χ0) is 10.6. The van der Waals surface area contributed by atoms with Gasteiger partial charge in [0.2, 0.25) is 0 Å². The van der Waals surface area contributed by atoms with E-state index in [2.05, 4.69) is 0 Å². The first-order valence-corrected chi connectivity index (χ1v) is 2.41. The number of nitrogens with zero attached hydrogens (tertiary/aromatic N) is 2. The van der Waals surface area contributed by atoms with Crippen molar-refractivity contribution in [3.05, 3.63) is 30.6 Å². The predicted molar refractivity (Wildman–Crippen MR) is 38.8 cm³/mol. The van der Waals surface area contributed by atoms with E-state index in [-0.39, 0.29) is 16.5 Å². The zero-order valence-corrected chi connectivity index (χ0v) is 7.22. The van der Waals surface area contributed by atoms with Gasteiger partial charge in [-0.2, -0.15) is 0 Å². The van der Waals surface area contributed by atoms with Crippen LogP contribution in [-0.4, -0.2) is 23.3 Å². The molecule has 0 aromatic heterocycles. The van der Waals surface area contributed by atoms with Crippen LogP contribution in [0.25, 0.3) is 0 Å². The van der Waals surface area contributed by atoms with E-state index in [9.17, 15) is 0 Å². The average molecular weight is 243 g/mol. The predicted octanol–water partition coefficient (Wildman–Crippen LogP) is -1.58. The molecule has 0 rings (SSSR count). The normalized spacial score (nSPS) is 6.00. The van der Waals surface area contributed by atoms with Gasteiger partial charge in [0.25, 0.3) is 0 Å². The van der Waals surface area contributed by atoms with E-state index in [1.165, 1.54) is 0 Å². The molecule has 13 heavy (non-hydrogen) atoms. The molecule has 0 saturated carbocycles. The van der Waals surface area contributed by atoms with E-state index in [0.29, 0.717) is 13.1 Å². The minimum Gasteiger partial charge on any atom is -0.356 e. The molecule has 0 aliphatic rings. The van der Waals surface area contributed by atoms with Crippen LogP contribution in [0, 0.1) is 30.6 Å². The Hall–Kier alpha value is -1.19. The summed E-state index contributed by atoms with van der Waals surface area (Å²) in [6.45, 7) is 1.19. The summed E-state index contributed by atoms with van der Waals surface area (Å²) in [6.07, 6.45) is 0. The van der Waals surface area contributed by atoms with Gasteiger partial charge in [0.15, 0.2) is 0 Å². The average Bonchev–Trinajstić information content (AvgIpc) is 1.85. The summed E-state index contributed by atoms with van der Waals surface area (Å²) in [5.41, 5.74) is 9.81. The number of rotatable bonds is 1. The molecule has 0 aliphatic heterocycles. The second kappa shape index (κ2) is 22.4. The van der Waals surface area contributed by atoms with Crippen molar-refractivity contribution in [3.8, 4) is 0 Å². The van der Waals surface area contributed by atoms with Gasteiger partial charge in [-0.1, -0.05) is 0 Å². The zero-order valence-electron chi connectivity index (χ0n) is 6.23. The van der Waals surface area contributed by atoms with Crippen LogP contribution in [0.3, 0.4) is 0 Å². The number of nitrogens with two attached hydrogens (primary N) is 2. The maximum Gasteiger partial charge on any atom is 2.00 e. The Morgan fingerprint density at radius 3 is 0.923 bits per heavy atom. The molecule has 0 aromatic rings. The van der Waals surface area contributed by atoms with Crippen molar-refractivity contribution >= 4 is 0 Å². The van der Waals surface area contributed by atoms with Gasteiger partial charge in [0.05, 0.1) is 10.2 Å². The molecule has 0 aromatic carbocycles. The fourth-order valence-corrected chi connectivity index (χ4v) is 0. The molecule has 0 aliphatic carbocycles. The van der Waals surface area contributed by atoms with Crippen LogP contribution in [-0.2, 0) is 16.5 Å². The van der Waals surface area contributed by atoms with E-state index in [4.69, 9.17) is 42.1 Å². The van der Waals surface area contributed by atoms with Crippen LogP contribution >= 0.6 is 0 Å². The van der Waals surface area contributed by atoms with Gasteiger partial charge in [-0.3, -0.25) is 0 Å². The maximum atomic E-state index is 8.25. The molecule has 0 spiro atoms. The van der Waals surface area contributed by atoms with Gasteiger partial charge in [-0.25, -0.2) is 0 Å². The van der Waals surface area contributed by atoms with Crippen LogP contribution in [0.1, 0.15) is 0 Å². The van der Waals surface area contributed by atoms with Crippen molar-refractivity contribution in [2.75, 3.05) is 13.1 Å². The fourth-order valence-electron chi connectivity index (χ4n) is 0. The molecule has 11 heteroatoms. The van der Waals surface area contributed by atoms with Gasteiger partial charge in [0, 0.05) is 13.1 Å². The van der Waals surface area contributed by atoms with Crippen molar-refractivity contribution in [1.29, 1.82) is 0 Å². The smallest absolute Gasteiger partial charge is 0.356 e. The quantitative estimate of drug-likeness (QED) is 0.313. The molecule has 82 valence electrons. The first-order chi connectivity index (χ1) is 5.38. The Bertz CT molecular complexity index is 99.2. The Morgan fingerprint density at radius 2 is 0.923 bits per heavy atom. The Labute approximate surface area is 82.6 Å². The summed E-state index contributed by atoms with van der Waals surface area (Å²) in [7, 11) is 0. The topological polar surface area (TPSA) is 184 Å². The minimum atomic E-state index is -1.75. The summed E-state index contributed by atoms with van der Waals surface area (Å²) in [4.78, 5) is 16.5. The van der Waals surface area contributed by atoms with Crippen LogP contribution in [0.4, 0.5) is 0 Å².